The average molecular weight is 299 g/mol. The van der Waals surface area contributed by atoms with Crippen molar-refractivity contribution in [2.75, 3.05) is 20.8 Å². The van der Waals surface area contributed by atoms with Gasteiger partial charge in [0, 0.05) is 12.1 Å². The number of hydrogen-bond acceptors (Lipinski definition) is 4. The largest absolute Gasteiger partial charge is 0.508 e. The minimum atomic E-state index is 0.237. The molecule has 1 atom stereocenters. The van der Waals surface area contributed by atoms with Crippen molar-refractivity contribution in [3.8, 4) is 17.2 Å². The van der Waals surface area contributed by atoms with E-state index in [1.54, 1.807) is 20.3 Å². The quantitative estimate of drug-likeness (QED) is 0.911. The molecule has 4 nitrogen and oxygen atoms in total. The second-order valence-electron chi connectivity index (χ2n) is 5.56. The van der Waals surface area contributed by atoms with Gasteiger partial charge in [0.25, 0.3) is 0 Å². The average Bonchev–Trinajstić information content (AvgIpc) is 2.54. The molecule has 2 aromatic carbocycles. The second-order valence-corrected chi connectivity index (χ2v) is 5.56. The third kappa shape index (κ3) is 3.02. The van der Waals surface area contributed by atoms with Gasteiger partial charge in [-0.05, 0) is 60.3 Å². The van der Waals surface area contributed by atoms with Crippen LogP contribution in [0.2, 0.25) is 0 Å². The molecular weight excluding hydrogens is 278 g/mol. The predicted octanol–water partition coefficient (Wildman–Crippen LogP) is 2.84. The number of methoxy groups -OCH3 is 2. The van der Waals surface area contributed by atoms with E-state index in [1.807, 2.05) is 30.3 Å². The molecule has 0 bridgehead atoms. The molecule has 22 heavy (non-hydrogen) atoms. The Balaban J connectivity index is 1.88. The highest BCUT2D eigenvalue weighted by Crippen LogP contribution is 2.31. The van der Waals surface area contributed by atoms with E-state index in [2.05, 4.69) is 5.32 Å². The summed E-state index contributed by atoms with van der Waals surface area (Å²) < 4.78 is 10.7. The molecule has 0 saturated heterocycles. The Kier molecular flexibility index (Phi) is 4.20. The van der Waals surface area contributed by atoms with Crippen LogP contribution in [0.15, 0.2) is 36.4 Å². The van der Waals surface area contributed by atoms with E-state index in [9.17, 15) is 5.11 Å². The summed E-state index contributed by atoms with van der Waals surface area (Å²) in [7, 11) is 3.32. The summed E-state index contributed by atoms with van der Waals surface area (Å²) in [5.41, 5.74) is 3.64. The van der Waals surface area contributed by atoms with Crippen molar-refractivity contribution in [2.24, 2.45) is 0 Å². The summed E-state index contributed by atoms with van der Waals surface area (Å²) in [6, 6.07) is 11.8. The standard InChI is InChI=1S/C18H21NO3/c1-21-15-7-12(8-16(11-15)22-2)9-18-17-4-3-14(20)10-13(17)5-6-19-18/h3-4,7-8,10-11,18-20H,5-6,9H2,1-2H3. The Bertz CT molecular complexity index is 647. The van der Waals surface area contributed by atoms with Gasteiger partial charge < -0.3 is 19.9 Å². The molecule has 0 aliphatic carbocycles. The molecule has 0 radical (unpaired) electrons. The van der Waals surface area contributed by atoms with Gasteiger partial charge in [-0.15, -0.1) is 0 Å². The maximum Gasteiger partial charge on any atom is 0.122 e. The van der Waals surface area contributed by atoms with Gasteiger partial charge in [0.1, 0.15) is 17.2 Å². The Morgan fingerprint density at radius 2 is 1.82 bits per heavy atom. The fourth-order valence-electron chi connectivity index (χ4n) is 3.04. The van der Waals surface area contributed by atoms with Gasteiger partial charge >= 0.3 is 0 Å². The molecule has 1 aliphatic rings. The van der Waals surface area contributed by atoms with Crippen molar-refractivity contribution in [3.63, 3.8) is 0 Å². The van der Waals surface area contributed by atoms with E-state index < -0.39 is 0 Å². The third-order valence-corrected chi connectivity index (χ3v) is 4.14. The number of rotatable bonds is 4. The zero-order chi connectivity index (χ0) is 15.5. The predicted molar refractivity (Wildman–Crippen MR) is 85.8 cm³/mol. The molecule has 0 amide bonds. The highest BCUT2D eigenvalue weighted by Gasteiger charge is 2.20. The summed E-state index contributed by atoms with van der Waals surface area (Å²) in [6.07, 6.45) is 1.80. The first-order valence-electron chi connectivity index (χ1n) is 7.46. The highest BCUT2D eigenvalue weighted by molar-refractivity contribution is 5.42. The van der Waals surface area contributed by atoms with Crippen molar-refractivity contribution in [2.45, 2.75) is 18.9 Å². The number of phenolic OH excluding ortho intramolecular Hbond substituents is 1. The van der Waals surface area contributed by atoms with Crippen LogP contribution in [-0.2, 0) is 12.8 Å². The van der Waals surface area contributed by atoms with Crippen molar-refractivity contribution >= 4 is 0 Å². The van der Waals surface area contributed by atoms with Gasteiger partial charge in [-0.2, -0.15) is 0 Å². The maximum atomic E-state index is 9.65. The Morgan fingerprint density at radius 1 is 1.09 bits per heavy atom. The normalized spacial score (nSPS) is 16.9. The van der Waals surface area contributed by atoms with Crippen LogP contribution in [0.5, 0.6) is 17.2 Å². The van der Waals surface area contributed by atoms with Crippen LogP contribution in [0.25, 0.3) is 0 Å². The van der Waals surface area contributed by atoms with Crippen LogP contribution >= 0.6 is 0 Å². The molecule has 0 aromatic heterocycles. The molecule has 1 unspecified atom stereocenters. The van der Waals surface area contributed by atoms with Crippen LogP contribution in [0.4, 0.5) is 0 Å². The van der Waals surface area contributed by atoms with Crippen LogP contribution in [0, 0.1) is 0 Å². The molecule has 0 fully saturated rings. The Morgan fingerprint density at radius 3 is 2.50 bits per heavy atom. The molecule has 2 N–H and O–H groups in total. The lowest BCUT2D eigenvalue weighted by atomic mass is 9.90. The summed E-state index contributed by atoms with van der Waals surface area (Å²) in [5.74, 6) is 1.94. The van der Waals surface area contributed by atoms with Gasteiger partial charge in [0.2, 0.25) is 0 Å². The molecule has 0 spiro atoms. The first kappa shape index (κ1) is 14.7. The smallest absolute Gasteiger partial charge is 0.122 e. The number of benzene rings is 2. The lowest BCUT2D eigenvalue weighted by molar-refractivity contribution is 0.392. The van der Waals surface area contributed by atoms with Gasteiger partial charge in [-0.3, -0.25) is 0 Å². The first-order chi connectivity index (χ1) is 10.7. The van der Waals surface area contributed by atoms with Gasteiger partial charge in [0.05, 0.1) is 14.2 Å². The topological polar surface area (TPSA) is 50.7 Å². The van der Waals surface area contributed by atoms with E-state index in [4.69, 9.17) is 9.47 Å². The number of hydrogen-bond donors (Lipinski definition) is 2. The number of aromatic hydroxyl groups is 1. The van der Waals surface area contributed by atoms with Crippen molar-refractivity contribution in [3.05, 3.63) is 53.1 Å². The molecule has 2 aromatic rings. The summed E-state index contributed by atoms with van der Waals surface area (Å²) in [6.45, 7) is 0.919. The minimum Gasteiger partial charge on any atom is -0.508 e. The van der Waals surface area contributed by atoms with Crippen LogP contribution < -0.4 is 14.8 Å². The van der Waals surface area contributed by atoms with E-state index in [0.717, 1.165) is 36.4 Å². The van der Waals surface area contributed by atoms with Crippen molar-refractivity contribution < 1.29 is 14.6 Å². The number of fused-ring (bicyclic) bond motifs is 1. The Hall–Kier alpha value is -2.20. The molecule has 116 valence electrons. The summed E-state index contributed by atoms with van der Waals surface area (Å²) in [5, 5.41) is 13.2. The maximum absolute atomic E-state index is 9.65. The molecule has 4 heteroatoms. The fraction of sp³-hybridized carbons (Fsp3) is 0.333. The lowest BCUT2D eigenvalue weighted by Gasteiger charge is -2.27. The summed E-state index contributed by atoms with van der Waals surface area (Å²) in [4.78, 5) is 0. The van der Waals surface area contributed by atoms with Crippen molar-refractivity contribution in [1.82, 2.24) is 5.32 Å². The number of ether oxygens (including phenoxy) is 2. The zero-order valence-corrected chi connectivity index (χ0v) is 12.9. The molecule has 1 heterocycles. The van der Waals surface area contributed by atoms with E-state index in [1.165, 1.54) is 11.1 Å². The highest BCUT2D eigenvalue weighted by atomic mass is 16.5. The minimum absolute atomic E-state index is 0.237. The van der Waals surface area contributed by atoms with Gasteiger partial charge in [-0.25, -0.2) is 0 Å². The van der Waals surface area contributed by atoms with Crippen LogP contribution in [-0.4, -0.2) is 25.9 Å². The molecular formula is C18H21NO3. The lowest BCUT2D eigenvalue weighted by Crippen LogP contribution is -2.31. The van der Waals surface area contributed by atoms with E-state index in [0.29, 0.717) is 5.75 Å². The fourth-order valence-corrected chi connectivity index (χ4v) is 3.04. The van der Waals surface area contributed by atoms with E-state index in [-0.39, 0.29) is 6.04 Å². The first-order valence-corrected chi connectivity index (χ1v) is 7.46. The van der Waals surface area contributed by atoms with Gasteiger partial charge in [0.15, 0.2) is 0 Å². The molecule has 3 rings (SSSR count). The summed E-state index contributed by atoms with van der Waals surface area (Å²) >= 11 is 0. The SMILES string of the molecule is COc1cc(CC2NCCc3cc(O)ccc32)cc(OC)c1. The third-order valence-electron chi connectivity index (χ3n) is 4.14. The Labute approximate surface area is 130 Å². The van der Waals surface area contributed by atoms with Crippen LogP contribution in [0.1, 0.15) is 22.7 Å². The molecule has 1 aliphatic heterocycles. The van der Waals surface area contributed by atoms with Crippen molar-refractivity contribution in [1.29, 1.82) is 0 Å². The zero-order valence-electron chi connectivity index (χ0n) is 12.9. The second kappa shape index (κ2) is 6.28. The monoisotopic (exact) mass is 299 g/mol. The van der Waals surface area contributed by atoms with Crippen LogP contribution in [0.3, 0.4) is 0 Å². The molecule has 0 saturated carbocycles. The number of phenols is 1. The van der Waals surface area contributed by atoms with Gasteiger partial charge in [-0.1, -0.05) is 6.07 Å². The number of nitrogens with one attached hydrogen (secondary N) is 1. The van der Waals surface area contributed by atoms with E-state index >= 15 is 0 Å².